The molecule has 3 heteroatoms. The number of carbonyl (C=O) groups is 2. The maximum Gasteiger partial charge on any atom is 0.261 e. The third kappa shape index (κ3) is 3.91. The van der Waals surface area contributed by atoms with Gasteiger partial charge in [0.1, 0.15) is 0 Å². The molecule has 1 heterocycles. The highest BCUT2D eigenvalue weighted by Crippen LogP contribution is 2.23. The molecule has 2 amide bonds. The number of fused-ring (bicyclic) bond motifs is 1. The lowest BCUT2D eigenvalue weighted by Crippen LogP contribution is -2.35. The van der Waals surface area contributed by atoms with Crippen molar-refractivity contribution < 1.29 is 9.59 Å². The Morgan fingerprint density at radius 2 is 1.26 bits per heavy atom. The zero-order valence-corrected chi connectivity index (χ0v) is 12.9. The van der Waals surface area contributed by atoms with Crippen LogP contribution in [0.3, 0.4) is 0 Å². The van der Waals surface area contributed by atoms with Crippen LogP contribution >= 0.6 is 0 Å². The van der Waals surface area contributed by atoms with Crippen molar-refractivity contribution in [3.8, 4) is 0 Å². The molecule has 0 bridgehead atoms. The van der Waals surface area contributed by atoms with E-state index in [2.05, 4.69) is 13.8 Å². The summed E-state index contributed by atoms with van der Waals surface area (Å²) in [5, 5.41) is 0. The van der Waals surface area contributed by atoms with Crippen LogP contribution in [-0.4, -0.2) is 22.8 Å². The fourth-order valence-electron chi connectivity index (χ4n) is 1.68. The minimum Gasteiger partial charge on any atom is -0.272 e. The number of nitrogens with zero attached hydrogens (tertiary/aromatic N) is 1. The van der Waals surface area contributed by atoms with E-state index in [0.717, 1.165) is 0 Å². The summed E-state index contributed by atoms with van der Waals surface area (Å²) in [7, 11) is 0. The molecule has 1 aromatic carbocycles. The average Bonchev–Trinajstić information content (AvgIpc) is 2.66. The van der Waals surface area contributed by atoms with Crippen LogP contribution in [0.2, 0.25) is 0 Å². The molecule has 0 fully saturated rings. The molecule has 0 N–H and O–H groups in total. The van der Waals surface area contributed by atoms with Gasteiger partial charge in [0.05, 0.1) is 11.1 Å². The molecule has 0 saturated carbocycles. The summed E-state index contributed by atoms with van der Waals surface area (Å²) >= 11 is 0. The lowest BCUT2D eigenvalue weighted by Gasteiger charge is -2.17. The van der Waals surface area contributed by atoms with E-state index in [1.54, 1.807) is 24.3 Å². The summed E-state index contributed by atoms with van der Waals surface area (Å²) in [5.41, 5.74) is 1.04. The van der Waals surface area contributed by atoms with Gasteiger partial charge in [-0.05, 0) is 26.0 Å². The first-order chi connectivity index (χ1) is 9.04. The van der Waals surface area contributed by atoms with Crippen molar-refractivity contribution in [2.75, 3.05) is 0 Å². The van der Waals surface area contributed by atoms with Gasteiger partial charge >= 0.3 is 0 Å². The van der Waals surface area contributed by atoms with Gasteiger partial charge in [-0.25, -0.2) is 0 Å². The van der Waals surface area contributed by atoms with Gasteiger partial charge in [-0.15, -0.1) is 0 Å². The maximum absolute atomic E-state index is 11.8. The lowest BCUT2D eigenvalue weighted by molar-refractivity contribution is 0.0609. The number of hydrogen-bond acceptors (Lipinski definition) is 2. The predicted molar refractivity (Wildman–Crippen MR) is 79.4 cm³/mol. The Kier molecular flexibility index (Phi) is 7.73. The highest BCUT2D eigenvalue weighted by atomic mass is 16.2. The minimum absolute atomic E-state index is 0.0811. The molecule has 0 spiro atoms. The van der Waals surface area contributed by atoms with Crippen LogP contribution in [0.5, 0.6) is 0 Å². The summed E-state index contributed by atoms with van der Waals surface area (Å²) in [6.45, 7) is 11.9. The molecular weight excluding hydrogens is 238 g/mol. The lowest BCUT2D eigenvalue weighted by atomic mass is 10.1. The Bertz CT molecular complexity index is 390. The van der Waals surface area contributed by atoms with Gasteiger partial charge in [0.2, 0.25) is 0 Å². The van der Waals surface area contributed by atoms with Crippen LogP contribution in [0.1, 0.15) is 68.7 Å². The molecule has 1 aliphatic rings. The second kappa shape index (κ2) is 8.46. The zero-order valence-electron chi connectivity index (χ0n) is 12.9. The van der Waals surface area contributed by atoms with Crippen molar-refractivity contribution in [3.63, 3.8) is 0 Å². The van der Waals surface area contributed by atoms with Gasteiger partial charge < -0.3 is 0 Å². The fourth-order valence-corrected chi connectivity index (χ4v) is 1.68. The number of carbonyl (C=O) groups excluding carboxylic acids is 2. The van der Waals surface area contributed by atoms with Gasteiger partial charge in [0.25, 0.3) is 11.8 Å². The quantitative estimate of drug-likeness (QED) is 0.714. The predicted octanol–water partition coefficient (Wildman–Crippen LogP) is 4.13. The van der Waals surface area contributed by atoms with Gasteiger partial charge in [-0.2, -0.15) is 0 Å². The molecule has 0 aliphatic carbocycles. The topological polar surface area (TPSA) is 37.4 Å². The molecule has 0 unspecified atom stereocenters. The maximum atomic E-state index is 11.8. The van der Waals surface area contributed by atoms with Crippen LogP contribution in [0.4, 0.5) is 0 Å². The third-order valence-electron chi connectivity index (χ3n) is 2.34. The first-order valence-corrected chi connectivity index (χ1v) is 7.01. The summed E-state index contributed by atoms with van der Waals surface area (Å²) in [6, 6.07) is 6.85. The number of imide groups is 1. The van der Waals surface area contributed by atoms with Gasteiger partial charge in [-0.1, -0.05) is 46.2 Å². The van der Waals surface area contributed by atoms with Crippen molar-refractivity contribution >= 4 is 11.8 Å². The van der Waals surface area contributed by atoms with Gasteiger partial charge in [0, 0.05) is 6.04 Å². The summed E-state index contributed by atoms with van der Waals surface area (Å²) < 4.78 is 0. The van der Waals surface area contributed by atoms with E-state index in [1.807, 2.05) is 27.7 Å². The molecule has 1 aliphatic heterocycles. The van der Waals surface area contributed by atoms with Crippen LogP contribution in [0.25, 0.3) is 0 Å². The van der Waals surface area contributed by atoms with Crippen molar-refractivity contribution in [3.05, 3.63) is 35.4 Å². The summed E-state index contributed by atoms with van der Waals surface area (Å²) in [4.78, 5) is 24.8. The highest BCUT2D eigenvalue weighted by molar-refractivity contribution is 6.21. The largest absolute Gasteiger partial charge is 0.272 e. The number of rotatable bonds is 1. The normalized spacial score (nSPS) is 12.5. The van der Waals surface area contributed by atoms with E-state index in [0.29, 0.717) is 11.1 Å². The SMILES string of the molecule is CC.CC(C)N1C(=O)c2ccccc2C1=O.CCC. The first-order valence-electron chi connectivity index (χ1n) is 7.01. The van der Waals surface area contributed by atoms with Crippen molar-refractivity contribution in [1.29, 1.82) is 0 Å². The monoisotopic (exact) mass is 263 g/mol. The van der Waals surface area contributed by atoms with E-state index in [1.165, 1.54) is 11.3 Å². The molecule has 0 saturated heterocycles. The Hall–Kier alpha value is -1.64. The van der Waals surface area contributed by atoms with E-state index in [9.17, 15) is 9.59 Å². The molecule has 0 aromatic heterocycles. The standard InChI is InChI=1S/C11H11NO2.C3H8.C2H6/c1-7(2)12-10(13)8-5-3-4-6-9(8)11(12)14;1-3-2;1-2/h3-7H,1-2H3;3H2,1-2H3;1-2H3. The van der Waals surface area contributed by atoms with Crippen LogP contribution in [0, 0.1) is 0 Å². The van der Waals surface area contributed by atoms with Crippen molar-refractivity contribution in [2.45, 2.75) is 54.0 Å². The molecule has 0 radical (unpaired) electrons. The Morgan fingerprint density at radius 3 is 1.53 bits per heavy atom. The van der Waals surface area contributed by atoms with Crippen LogP contribution in [-0.2, 0) is 0 Å². The molecule has 19 heavy (non-hydrogen) atoms. The highest BCUT2D eigenvalue weighted by Gasteiger charge is 2.36. The Balaban J connectivity index is 0.000000573. The minimum atomic E-state index is -0.180. The molecule has 1 aromatic rings. The second-order valence-electron chi connectivity index (χ2n) is 4.33. The van der Waals surface area contributed by atoms with E-state index >= 15 is 0 Å². The van der Waals surface area contributed by atoms with Crippen molar-refractivity contribution in [2.24, 2.45) is 0 Å². The number of benzene rings is 1. The molecule has 106 valence electrons. The average molecular weight is 263 g/mol. The fraction of sp³-hybridized carbons (Fsp3) is 0.500. The van der Waals surface area contributed by atoms with E-state index < -0.39 is 0 Å². The van der Waals surface area contributed by atoms with E-state index in [-0.39, 0.29) is 17.9 Å². The molecule has 2 rings (SSSR count). The number of hydrogen-bond donors (Lipinski definition) is 0. The van der Waals surface area contributed by atoms with Crippen LogP contribution < -0.4 is 0 Å². The van der Waals surface area contributed by atoms with Crippen LogP contribution in [0.15, 0.2) is 24.3 Å². The molecular formula is C16H25NO2. The third-order valence-corrected chi connectivity index (χ3v) is 2.34. The van der Waals surface area contributed by atoms with Gasteiger partial charge in [0.15, 0.2) is 0 Å². The summed E-state index contributed by atoms with van der Waals surface area (Å²) in [5.74, 6) is -0.360. The summed E-state index contributed by atoms with van der Waals surface area (Å²) in [6.07, 6.45) is 1.25. The molecule has 3 nitrogen and oxygen atoms in total. The molecule has 0 atom stereocenters. The Labute approximate surface area is 116 Å². The number of amides is 2. The van der Waals surface area contributed by atoms with Crippen molar-refractivity contribution in [1.82, 2.24) is 4.90 Å². The Morgan fingerprint density at radius 1 is 0.947 bits per heavy atom. The zero-order chi connectivity index (χ0) is 15.0. The van der Waals surface area contributed by atoms with Gasteiger partial charge in [-0.3, -0.25) is 14.5 Å². The first kappa shape index (κ1) is 17.4. The second-order valence-corrected chi connectivity index (χ2v) is 4.33. The smallest absolute Gasteiger partial charge is 0.261 e. The van der Waals surface area contributed by atoms with E-state index in [4.69, 9.17) is 0 Å².